The average Bonchev–Trinajstić information content (AvgIpc) is 2.77. The predicted molar refractivity (Wildman–Crippen MR) is 82.7 cm³/mol. The molecule has 2 N–H and O–H groups in total. The Morgan fingerprint density at radius 3 is 2.71 bits per heavy atom. The number of aryl methyl sites for hydroxylation is 2. The van der Waals surface area contributed by atoms with Gasteiger partial charge in [-0.25, -0.2) is 9.78 Å². The summed E-state index contributed by atoms with van der Waals surface area (Å²) in [6, 6.07) is 4.88. The fraction of sp³-hybridized carbons (Fsp3) is 0.333. The Morgan fingerprint density at radius 2 is 2.14 bits per heavy atom. The van der Waals surface area contributed by atoms with E-state index in [2.05, 4.69) is 4.98 Å². The molecule has 0 fully saturated rings. The van der Waals surface area contributed by atoms with Crippen molar-refractivity contribution in [2.24, 2.45) is 0 Å². The highest BCUT2D eigenvalue weighted by Crippen LogP contribution is 2.23. The van der Waals surface area contributed by atoms with Gasteiger partial charge in [0.15, 0.2) is 0 Å². The number of anilines is 1. The quantitative estimate of drug-likeness (QED) is 0.678. The first kappa shape index (κ1) is 15.3. The second-order valence-corrected chi connectivity index (χ2v) is 5.80. The molecule has 0 spiro atoms. The van der Waals surface area contributed by atoms with E-state index in [0.29, 0.717) is 23.6 Å². The van der Waals surface area contributed by atoms with Crippen LogP contribution in [0, 0.1) is 13.8 Å². The molecule has 21 heavy (non-hydrogen) atoms. The van der Waals surface area contributed by atoms with Gasteiger partial charge in [0.1, 0.15) is 17.4 Å². The van der Waals surface area contributed by atoms with Crippen molar-refractivity contribution in [2.75, 3.05) is 12.3 Å². The molecule has 0 saturated carbocycles. The number of rotatable bonds is 5. The highest BCUT2D eigenvalue weighted by Gasteiger charge is 2.12. The van der Waals surface area contributed by atoms with E-state index in [1.165, 1.54) is 11.3 Å². The molecular formula is C15H18N2O3S. The summed E-state index contributed by atoms with van der Waals surface area (Å²) in [5.41, 5.74) is 7.63. The monoisotopic (exact) mass is 306 g/mol. The van der Waals surface area contributed by atoms with Crippen LogP contribution in [0.5, 0.6) is 5.75 Å². The third kappa shape index (κ3) is 3.72. The first-order chi connectivity index (χ1) is 10.0. The number of thiazole rings is 1. The van der Waals surface area contributed by atoms with Crippen molar-refractivity contribution in [2.45, 2.75) is 27.4 Å². The minimum Gasteiger partial charge on any atom is -0.492 e. The summed E-state index contributed by atoms with van der Waals surface area (Å²) in [6.45, 7) is 6.50. The first-order valence-corrected chi connectivity index (χ1v) is 7.45. The van der Waals surface area contributed by atoms with E-state index in [4.69, 9.17) is 15.2 Å². The topological polar surface area (TPSA) is 74.4 Å². The maximum atomic E-state index is 12.0. The maximum Gasteiger partial charge on any atom is 0.338 e. The predicted octanol–water partition coefficient (Wildman–Crippen LogP) is 3.10. The van der Waals surface area contributed by atoms with E-state index in [1.807, 2.05) is 20.8 Å². The average molecular weight is 306 g/mol. The largest absolute Gasteiger partial charge is 0.492 e. The smallest absolute Gasteiger partial charge is 0.338 e. The Balaban J connectivity index is 2.01. The van der Waals surface area contributed by atoms with E-state index in [0.717, 1.165) is 15.6 Å². The molecule has 5 nitrogen and oxygen atoms in total. The molecule has 0 radical (unpaired) electrons. The number of hydrogen-bond acceptors (Lipinski definition) is 6. The van der Waals surface area contributed by atoms with Crippen molar-refractivity contribution in [3.8, 4) is 5.75 Å². The van der Waals surface area contributed by atoms with Gasteiger partial charge in [0.05, 0.1) is 23.6 Å². The fourth-order valence-electron chi connectivity index (χ4n) is 1.77. The van der Waals surface area contributed by atoms with Gasteiger partial charge in [-0.15, -0.1) is 11.3 Å². The number of ether oxygens (including phenoxy) is 2. The zero-order valence-electron chi connectivity index (χ0n) is 12.3. The van der Waals surface area contributed by atoms with Crippen molar-refractivity contribution in [3.63, 3.8) is 0 Å². The third-order valence-electron chi connectivity index (χ3n) is 2.94. The number of carbonyl (C=O) groups excluding carboxylic acids is 1. The van der Waals surface area contributed by atoms with Gasteiger partial charge in [0, 0.05) is 4.88 Å². The lowest BCUT2D eigenvalue weighted by Crippen LogP contribution is -2.06. The molecular weight excluding hydrogens is 288 g/mol. The molecule has 0 bridgehead atoms. The molecule has 1 aromatic carbocycles. The Bertz CT molecular complexity index is 633. The Morgan fingerprint density at radius 1 is 1.38 bits per heavy atom. The minimum atomic E-state index is -0.421. The molecule has 0 saturated heterocycles. The molecule has 0 aliphatic rings. The van der Waals surface area contributed by atoms with Gasteiger partial charge in [0.25, 0.3) is 0 Å². The standard InChI is InChI=1S/C15H18N2O3S/c1-4-19-13-6-5-11(7-12(13)16)15(18)20-8-14-17-9(2)10(3)21-14/h5-7H,4,8,16H2,1-3H3. The van der Waals surface area contributed by atoms with Crippen LogP contribution in [0.3, 0.4) is 0 Å². The van der Waals surface area contributed by atoms with E-state index >= 15 is 0 Å². The maximum absolute atomic E-state index is 12.0. The van der Waals surface area contributed by atoms with Crippen molar-refractivity contribution in [1.82, 2.24) is 4.98 Å². The van der Waals surface area contributed by atoms with Crippen LogP contribution >= 0.6 is 11.3 Å². The van der Waals surface area contributed by atoms with Crippen LogP contribution in [0.4, 0.5) is 5.69 Å². The Labute approximate surface area is 127 Å². The van der Waals surface area contributed by atoms with E-state index < -0.39 is 5.97 Å². The summed E-state index contributed by atoms with van der Waals surface area (Å²) in [5, 5.41) is 0.789. The van der Waals surface area contributed by atoms with E-state index in [9.17, 15) is 4.79 Å². The van der Waals surface area contributed by atoms with Crippen molar-refractivity contribution >= 4 is 23.0 Å². The molecule has 2 rings (SSSR count). The van der Waals surface area contributed by atoms with E-state index in [1.54, 1.807) is 18.2 Å². The second-order valence-electron chi connectivity index (χ2n) is 4.51. The summed E-state index contributed by atoms with van der Waals surface area (Å²) < 4.78 is 10.6. The molecule has 0 unspecified atom stereocenters. The normalized spacial score (nSPS) is 10.4. The fourth-order valence-corrected chi connectivity index (χ4v) is 2.62. The molecule has 2 aromatic rings. The zero-order chi connectivity index (χ0) is 15.4. The van der Waals surface area contributed by atoms with Gasteiger partial charge in [-0.1, -0.05) is 0 Å². The lowest BCUT2D eigenvalue weighted by Gasteiger charge is -2.08. The minimum absolute atomic E-state index is 0.172. The van der Waals surface area contributed by atoms with Crippen molar-refractivity contribution in [1.29, 1.82) is 0 Å². The molecule has 0 atom stereocenters. The summed E-state index contributed by atoms with van der Waals surface area (Å²) in [5.74, 6) is 0.149. The van der Waals surface area contributed by atoms with Crippen LogP contribution in [0.25, 0.3) is 0 Å². The lowest BCUT2D eigenvalue weighted by atomic mass is 10.2. The van der Waals surface area contributed by atoms with Gasteiger partial charge in [-0.2, -0.15) is 0 Å². The van der Waals surface area contributed by atoms with Crippen LogP contribution in [0.15, 0.2) is 18.2 Å². The Hall–Kier alpha value is -2.08. The van der Waals surface area contributed by atoms with Gasteiger partial charge in [0.2, 0.25) is 0 Å². The number of benzene rings is 1. The summed E-state index contributed by atoms with van der Waals surface area (Å²) in [7, 11) is 0. The van der Waals surface area contributed by atoms with Crippen LogP contribution < -0.4 is 10.5 Å². The molecule has 1 heterocycles. The third-order valence-corrected chi connectivity index (χ3v) is 3.99. The summed E-state index contributed by atoms with van der Waals surface area (Å²) in [4.78, 5) is 17.4. The van der Waals surface area contributed by atoms with Crippen LogP contribution in [0.1, 0.15) is 32.9 Å². The van der Waals surface area contributed by atoms with Crippen LogP contribution in [-0.4, -0.2) is 17.6 Å². The number of esters is 1. The molecule has 112 valence electrons. The number of nitrogens with two attached hydrogens (primary N) is 1. The number of nitrogens with zero attached hydrogens (tertiary/aromatic N) is 1. The van der Waals surface area contributed by atoms with Gasteiger partial charge >= 0.3 is 5.97 Å². The highest BCUT2D eigenvalue weighted by atomic mass is 32.1. The highest BCUT2D eigenvalue weighted by molar-refractivity contribution is 7.11. The summed E-state index contributed by atoms with van der Waals surface area (Å²) >= 11 is 1.53. The second kappa shape index (κ2) is 6.58. The number of hydrogen-bond donors (Lipinski definition) is 1. The van der Waals surface area contributed by atoms with Crippen molar-refractivity contribution in [3.05, 3.63) is 39.3 Å². The zero-order valence-corrected chi connectivity index (χ0v) is 13.1. The van der Waals surface area contributed by atoms with Gasteiger partial charge in [-0.3, -0.25) is 0 Å². The van der Waals surface area contributed by atoms with Gasteiger partial charge < -0.3 is 15.2 Å². The van der Waals surface area contributed by atoms with Crippen LogP contribution in [-0.2, 0) is 11.3 Å². The first-order valence-electron chi connectivity index (χ1n) is 6.63. The molecule has 6 heteroatoms. The number of carbonyl (C=O) groups is 1. The molecule has 0 aliphatic heterocycles. The van der Waals surface area contributed by atoms with Crippen molar-refractivity contribution < 1.29 is 14.3 Å². The molecule has 0 aliphatic carbocycles. The van der Waals surface area contributed by atoms with E-state index in [-0.39, 0.29) is 6.61 Å². The SMILES string of the molecule is CCOc1ccc(C(=O)OCc2nc(C)c(C)s2)cc1N. The molecule has 0 amide bonds. The molecule has 1 aromatic heterocycles. The summed E-state index contributed by atoms with van der Waals surface area (Å²) in [6.07, 6.45) is 0. The number of aromatic nitrogens is 1. The Kier molecular flexibility index (Phi) is 4.80. The lowest BCUT2D eigenvalue weighted by molar-refractivity contribution is 0.0472. The van der Waals surface area contributed by atoms with Crippen LogP contribution in [0.2, 0.25) is 0 Å². The van der Waals surface area contributed by atoms with Gasteiger partial charge in [-0.05, 0) is 39.0 Å². The number of nitrogen functional groups attached to an aromatic ring is 1.